The van der Waals surface area contributed by atoms with Crippen molar-refractivity contribution in [2.45, 2.75) is 44.6 Å². The summed E-state index contributed by atoms with van der Waals surface area (Å²) in [6.07, 6.45) is -3.04. The zero-order valence-electron chi connectivity index (χ0n) is 28.7. The molecule has 0 saturated carbocycles. The first-order valence-electron chi connectivity index (χ1n) is 16.5. The van der Waals surface area contributed by atoms with E-state index in [1.54, 1.807) is 91.9 Å². The van der Waals surface area contributed by atoms with Gasteiger partial charge in [-0.05, 0) is 48.7 Å². The number of ether oxygens (including phenoxy) is 1. The number of aromatic nitrogens is 2. The molecule has 13 nitrogen and oxygen atoms in total. The molecule has 0 aliphatic carbocycles. The number of hydrogen-bond donors (Lipinski definition) is 5. The van der Waals surface area contributed by atoms with Gasteiger partial charge in [0.2, 0.25) is 5.91 Å². The number of alkyl halides is 2. The number of rotatable bonds is 14. The van der Waals surface area contributed by atoms with Crippen LogP contribution >= 0.6 is 0 Å². The van der Waals surface area contributed by atoms with Crippen molar-refractivity contribution >= 4 is 35.3 Å². The quantitative estimate of drug-likeness (QED) is 0.104. The number of benzene rings is 4. The molecule has 0 radical (unpaired) electrons. The highest BCUT2D eigenvalue weighted by atomic mass is 19.3. The van der Waals surface area contributed by atoms with Gasteiger partial charge in [0.15, 0.2) is 0 Å². The number of halogens is 2. The van der Waals surface area contributed by atoms with E-state index in [1.807, 2.05) is 5.32 Å². The summed E-state index contributed by atoms with van der Waals surface area (Å²) >= 11 is 0. The number of nitrogens with one attached hydrogen (secondary N) is 3. The highest BCUT2D eigenvalue weighted by molar-refractivity contribution is 5.98. The van der Waals surface area contributed by atoms with Gasteiger partial charge in [-0.15, -0.1) is 0 Å². The molecule has 15 heteroatoms. The Kier molecular flexibility index (Phi) is 12.2. The minimum Gasteiger partial charge on any atom is -0.478 e. The summed E-state index contributed by atoms with van der Waals surface area (Å²) in [6, 6.07) is 26.5. The van der Waals surface area contributed by atoms with Gasteiger partial charge in [0, 0.05) is 11.3 Å². The first-order valence-corrected chi connectivity index (χ1v) is 16.5. The van der Waals surface area contributed by atoms with Crippen LogP contribution in [-0.4, -0.2) is 61.7 Å². The average Bonchev–Trinajstić information content (AvgIpc) is 3.16. The van der Waals surface area contributed by atoms with Crippen LogP contribution in [0.4, 0.5) is 25.0 Å². The Morgan fingerprint density at radius 3 is 2.20 bits per heavy atom. The third kappa shape index (κ3) is 9.77. The average molecular weight is 740 g/mol. The molecule has 2 atom stereocenters. The summed E-state index contributed by atoms with van der Waals surface area (Å²) in [4.78, 5) is 68.6. The number of aromatic carboxylic acids is 1. The molecule has 5 N–H and O–H groups in total. The minimum absolute atomic E-state index is 0.00973. The molecule has 1 heterocycles. The summed E-state index contributed by atoms with van der Waals surface area (Å²) < 4.78 is 37.5. The number of anilines is 2. The molecular formula is C39H35F2N5O8. The first-order chi connectivity index (χ1) is 25.8. The molecule has 2 unspecified atom stereocenters. The Morgan fingerprint density at radius 1 is 0.870 bits per heavy atom. The first kappa shape index (κ1) is 38.5. The van der Waals surface area contributed by atoms with Crippen molar-refractivity contribution < 1.29 is 42.9 Å². The maximum Gasteiger partial charge on any atom is 0.412 e. The molecule has 5 rings (SSSR count). The fourth-order valence-electron chi connectivity index (χ4n) is 5.45. The topological polar surface area (TPSA) is 189 Å². The van der Waals surface area contributed by atoms with E-state index in [-0.39, 0.29) is 35.8 Å². The summed E-state index contributed by atoms with van der Waals surface area (Å²) in [5.74, 6) is -8.82. The van der Waals surface area contributed by atoms with Crippen molar-refractivity contribution in [1.82, 2.24) is 14.9 Å². The molecule has 4 aromatic carbocycles. The second-order valence-electron chi connectivity index (χ2n) is 12.2. The lowest BCUT2D eigenvalue weighted by molar-refractivity contribution is -0.162. The van der Waals surface area contributed by atoms with Crippen LogP contribution < -0.4 is 21.5 Å². The minimum atomic E-state index is -4.51. The van der Waals surface area contributed by atoms with E-state index in [9.17, 15) is 34.2 Å². The lowest BCUT2D eigenvalue weighted by atomic mass is 9.96. The van der Waals surface area contributed by atoms with Crippen LogP contribution in [0.3, 0.4) is 0 Å². The molecule has 1 aromatic heterocycles. The van der Waals surface area contributed by atoms with Crippen LogP contribution in [0, 0.1) is 6.92 Å². The van der Waals surface area contributed by atoms with Crippen LogP contribution in [0.5, 0.6) is 0 Å². The molecular weight excluding hydrogens is 704 g/mol. The molecule has 0 bridgehead atoms. The van der Waals surface area contributed by atoms with Crippen molar-refractivity contribution in [3.05, 3.63) is 148 Å². The summed E-state index contributed by atoms with van der Waals surface area (Å²) in [5, 5.41) is 26.9. The SMILES string of the molecule is Cc1cccc(-c2ncc(NC(=O)OCc3ccccc3)c(=O)n2CC(=O)NC(Cc2ccccc2)C(O)C(F)(F)C(=O)Nc2cccc(C(=O)O)c2)c1. The zero-order valence-corrected chi connectivity index (χ0v) is 28.7. The fraction of sp³-hybridized carbons (Fsp3) is 0.179. The van der Waals surface area contributed by atoms with E-state index in [0.29, 0.717) is 16.7 Å². The Bertz CT molecular complexity index is 2200. The van der Waals surface area contributed by atoms with Gasteiger partial charge in [0.1, 0.15) is 30.8 Å². The standard InChI is InChI=1S/C39H35F2N5O8/c1-24-10-8-15-27(18-24)34-42-21-31(45-38(53)54-23-26-13-6-3-7-14-26)35(49)46(34)22-32(47)44-30(19-25-11-4-2-5-12-25)33(48)39(40,41)37(52)43-29-17-9-16-28(20-29)36(50)51/h2-18,20-21,30,33,48H,19,22-23H2,1H3,(H,43,52)(H,44,47)(H,45,53)(H,50,51). The van der Waals surface area contributed by atoms with Crippen molar-refractivity contribution in [2.75, 3.05) is 10.6 Å². The van der Waals surface area contributed by atoms with Crippen molar-refractivity contribution in [3.8, 4) is 11.4 Å². The fourth-order valence-corrected chi connectivity index (χ4v) is 5.45. The number of aliphatic hydroxyl groups excluding tert-OH is 1. The summed E-state index contributed by atoms with van der Waals surface area (Å²) in [7, 11) is 0. The normalized spacial score (nSPS) is 12.2. The second kappa shape index (κ2) is 17.2. The molecule has 0 saturated heterocycles. The largest absolute Gasteiger partial charge is 0.478 e. The maximum absolute atomic E-state index is 15.7. The molecule has 0 spiro atoms. The summed E-state index contributed by atoms with van der Waals surface area (Å²) in [5.41, 5.74) is 0.589. The Hall–Kier alpha value is -6.74. The van der Waals surface area contributed by atoms with Crippen LogP contribution in [0.15, 0.2) is 120 Å². The molecule has 3 amide bonds. The number of carboxylic acid groups (broad SMARTS) is 1. The van der Waals surface area contributed by atoms with E-state index in [2.05, 4.69) is 15.6 Å². The van der Waals surface area contributed by atoms with E-state index in [0.717, 1.165) is 22.4 Å². The van der Waals surface area contributed by atoms with Crippen molar-refractivity contribution in [2.24, 2.45) is 0 Å². The van der Waals surface area contributed by atoms with Crippen LogP contribution in [-0.2, 0) is 33.9 Å². The monoisotopic (exact) mass is 739 g/mol. The number of carbonyl (C=O) groups excluding carboxylic acids is 3. The van der Waals surface area contributed by atoms with Crippen LogP contribution in [0.25, 0.3) is 11.4 Å². The Labute approximate surface area is 307 Å². The number of carboxylic acids is 1. The Balaban J connectivity index is 1.41. The van der Waals surface area contributed by atoms with Gasteiger partial charge in [-0.3, -0.25) is 24.3 Å². The zero-order chi connectivity index (χ0) is 38.8. The molecule has 278 valence electrons. The second-order valence-corrected chi connectivity index (χ2v) is 12.2. The van der Waals surface area contributed by atoms with Gasteiger partial charge in [-0.1, -0.05) is 90.5 Å². The Morgan fingerprint density at radius 2 is 1.54 bits per heavy atom. The molecule has 0 aliphatic rings. The van der Waals surface area contributed by atoms with Gasteiger partial charge in [0.05, 0.1) is 17.8 Å². The van der Waals surface area contributed by atoms with Crippen molar-refractivity contribution in [1.29, 1.82) is 0 Å². The number of nitrogens with zero attached hydrogens (tertiary/aromatic N) is 2. The van der Waals surface area contributed by atoms with Gasteiger partial charge < -0.3 is 25.6 Å². The predicted molar refractivity (Wildman–Crippen MR) is 194 cm³/mol. The smallest absolute Gasteiger partial charge is 0.412 e. The van der Waals surface area contributed by atoms with Crippen LogP contribution in [0.2, 0.25) is 0 Å². The summed E-state index contributed by atoms with van der Waals surface area (Å²) in [6.45, 7) is 0.897. The lowest BCUT2D eigenvalue weighted by Crippen LogP contribution is -2.57. The van der Waals surface area contributed by atoms with Crippen molar-refractivity contribution in [3.63, 3.8) is 0 Å². The third-order valence-electron chi connectivity index (χ3n) is 8.14. The van der Waals surface area contributed by atoms with Crippen LogP contribution in [0.1, 0.15) is 27.0 Å². The number of hydrogen-bond acceptors (Lipinski definition) is 8. The van der Waals surface area contributed by atoms with Gasteiger partial charge in [-0.25, -0.2) is 14.6 Å². The van der Waals surface area contributed by atoms with Gasteiger partial charge in [0.25, 0.3) is 11.5 Å². The highest BCUT2D eigenvalue weighted by Gasteiger charge is 2.50. The molecule has 0 fully saturated rings. The third-order valence-corrected chi connectivity index (χ3v) is 8.14. The van der Waals surface area contributed by atoms with Gasteiger partial charge in [-0.2, -0.15) is 8.78 Å². The van der Waals surface area contributed by atoms with Gasteiger partial charge >= 0.3 is 18.0 Å². The maximum atomic E-state index is 15.7. The van der Waals surface area contributed by atoms with E-state index in [4.69, 9.17) is 4.74 Å². The van der Waals surface area contributed by atoms with E-state index < -0.39 is 54.0 Å². The highest BCUT2D eigenvalue weighted by Crippen LogP contribution is 2.26. The number of amides is 3. The molecule has 54 heavy (non-hydrogen) atoms. The van der Waals surface area contributed by atoms with E-state index >= 15 is 8.78 Å². The lowest BCUT2D eigenvalue weighted by Gasteiger charge is -2.30. The number of carbonyl (C=O) groups is 4. The molecule has 5 aromatic rings. The number of aliphatic hydroxyl groups is 1. The van der Waals surface area contributed by atoms with E-state index in [1.165, 1.54) is 18.2 Å². The molecule has 0 aliphatic heterocycles. The number of aryl methyl sites for hydroxylation is 1. The predicted octanol–water partition coefficient (Wildman–Crippen LogP) is 5.03.